The maximum absolute atomic E-state index is 13.6. The highest BCUT2D eigenvalue weighted by atomic mass is 79.9. The first-order chi connectivity index (χ1) is 22.3. The summed E-state index contributed by atoms with van der Waals surface area (Å²) in [6.07, 6.45) is -3.23. The van der Waals surface area contributed by atoms with Crippen LogP contribution in [-0.4, -0.2) is 45.2 Å². The van der Waals surface area contributed by atoms with Crippen LogP contribution in [0.5, 0.6) is 0 Å². The van der Waals surface area contributed by atoms with Crippen LogP contribution in [0, 0.1) is 0 Å². The van der Waals surface area contributed by atoms with Gasteiger partial charge in [0.2, 0.25) is 5.96 Å². The maximum Gasteiger partial charge on any atom is 0.416 e. The fraction of sp³-hybridized carbons (Fsp3) is 0.258. The predicted molar refractivity (Wildman–Crippen MR) is 169 cm³/mol. The Kier molecular flexibility index (Phi) is 10.3. The molecule has 1 aromatic heterocycles. The van der Waals surface area contributed by atoms with Crippen LogP contribution < -0.4 is 15.5 Å². The van der Waals surface area contributed by atoms with Crippen molar-refractivity contribution < 1.29 is 31.1 Å². The van der Waals surface area contributed by atoms with E-state index < -0.39 is 30.4 Å². The Morgan fingerprint density at radius 2 is 1.70 bits per heavy atom. The minimum atomic E-state index is -4.70. The normalized spacial score (nSPS) is 14.0. The summed E-state index contributed by atoms with van der Waals surface area (Å²) in [7, 11) is 0. The fourth-order valence-corrected chi connectivity index (χ4v) is 5.38. The number of H-pyrrole nitrogens is 1. The zero-order valence-electron chi connectivity index (χ0n) is 24.5. The quantitative estimate of drug-likeness (QED) is 0.0961. The van der Waals surface area contributed by atoms with E-state index in [1.165, 1.54) is 28.7 Å². The number of halogens is 7. The molecule has 0 saturated carbocycles. The van der Waals surface area contributed by atoms with Crippen LogP contribution in [0.4, 0.5) is 43.7 Å². The molecule has 5 rings (SSSR count). The molecule has 4 aromatic rings. The van der Waals surface area contributed by atoms with Gasteiger partial charge in [-0.3, -0.25) is 10.1 Å². The van der Waals surface area contributed by atoms with E-state index in [2.05, 4.69) is 58.3 Å². The van der Waals surface area contributed by atoms with E-state index in [9.17, 15) is 31.1 Å². The lowest BCUT2D eigenvalue weighted by molar-refractivity contribution is -0.137. The summed E-state index contributed by atoms with van der Waals surface area (Å²) in [4.78, 5) is 17.8. The van der Waals surface area contributed by atoms with Gasteiger partial charge in [-0.1, -0.05) is 51.4 Å². The number of aliphatic imine (C=N–C) groups is 1. The Morgan fingerprint density at radius 1 is 0.957 bits per heavy atom. The maximum atomic E-state index is 13.6. The van der Waals surface area contributed by atoms with E-state index in [0.717, 1.165) is 43.4 Å². The Bertz CT molecular complexity index is 1740. The highest BCUT2D eigenvalue weighted by Gasteiger charge is 2.32. The number of anilines is 3. The Balaban J connectivity index is 1.51. The number of guanidine groups is 1. The first-order valence-corrected chi connectivity index (χ1v) is 15.1. The SMILES string of the molecule is O=C(Nc1nn[nH]n1)c1ccc(CN(C(=NCC(F)(F)F)Nc2cc(Br)cc(C(F)(F)F)c2)c2ccc(C3=CCCCC3)cc2)cc1. The lowest BCUT2D eigenvalue weighted by Gasteiger charge is -2.28. The number of benzene rings is 3. The molecule has 0 bridgehead atoms. The summed E-state index contributed by atoms with van der Waals surface area (Å²) in [5.41, 5.74) is 2.24. The summed E-state index contributed by atoms with van der Waals surface area (Å²) >= 11 is 3.06. The number of aromatic amines is 1. The summed E-state index contributed by atoms with van der Waals surface area (Å²) in [6.45, 7) is -1.65. The number of tetrazole rings is 1. The van der Waals surface area contributed by atoms with Gasteiger partial charge in [0.15, 0.2) is 0 Å². The first kappa shape index (κ1) is 33.6. The molecule has 1 aliphatic carbocycles. The molecule has 3 aromatic carbocycles. The molecule has 1 aliphatic rings. The van der Waals surface area contributed by atoms with Gasteiger partial charge in [-0.2, -0.15) is 31.6 Å². The van der Waals surface area contributed by atoms with Gasteiger partial charge in [0.1, 0.15) is 6.54 Å². The standard InChI is InChI=1S/C31H27BrF6N8O/c32-24-14-23(31(36,37)38)15-25(16-24)40-29(39-18-30(33,34)35)46(26-12-10-21(11-13-26)20-4-2-1-3-5-20)17-19-6-8-22(9-7-19)27(47)41-28-42-44-45-43-28/h4,6-16H,1-3,5,17-18H2,(H,39,40)(H2,41,42,43,44,45,47). The largest absolute Gasteiger partial charge is 0.416 e. The number of carbonyl (C=O) groups is 1. The van der Waals surface area contributed by atoms with Crippen LogP contribution in [0.25, 0.3) is 5.57 Å². The van der Waals surface area contributed by atoms with Crippen molar-refractivity contribution in [2.24, 2.45) is 4.99 Å². The summed E-state index contributed by atoms with van der Waals surface area (Å²) in [5.74, 6) is -0.890. The third-order valence-corrected chi connectivity index (χ3v) is 7.57. The van der Waals surface area contributed by atoms with Crippen LogP contribution >= 0.6 is 15.9 Å². The van der Waals surface area contributed by atoms with Crippen LogP contribution in [0.1, 0.15) is 52.7 Å². The van der Waals surface area contributed by atoms with Gasteiger partial charge in [-0.25, -0.2) is 4.99 Å². The van der Waals surface area contributed by atoms with Gasteiger partial charge in [-0.05, 0) is 90.1 Å². The van der Waals surface area contributed by atoms with Gasteiger partial charge in [0, 0.05) is 21.4 Å². The number of aromatic nitrogens is 4. The first-order valence-electron chi connectivity index (χ1n) is 14.3. The molecule has 0 saturated heterocycles. The van der Waals surface area contributed by atoms with Crippen LogP contribution in [0.2, 0.25) is 0 Å². The van der Waals surface area contributed by atoms with Gasteiger partial charge in [-0.15, -0.1) is 5.10 Å². The second-order valence-electron chi connectivity index (χ2n) is 10.6. The molecule has 246 valence electrons. The number of nitrogens with one attached hydrogen (secondary N) is 3. The number of allylic oxidation sites excluding steroid dienone is 2. The molecule has 0 aliphatic heterocycles. The van der Waals surface area contributed by atoms with Crippen molar-refractivity contribution in [3.05, 3.63) is 99.5 Å². The molecule has 9 nitrogen and oxygen atoms in total. The van der Waals surface area contributed by atoms with Crippen molar-refractivity contribution in [3.63, 3.8) is 0 Å². The average molecular weight is 722 g/mol. The molecule has 0 spiro atoms. The highest BCUT2D eigenvalue weighted by molar-refractivity contribution is 9.10. The van der Waals surface area contributed by atoms with Crippen molar-refractivity contribution in [1.29, 1.82) is 0 Å². The second-order valence-corrected chi connectivity index (χ2v) is 11.5. The van der Waals surface area contributed by atoms with E-state index in [1.807, 2.05) is 12.1 Å². The van der Waals surface area contributed by atoms with Crippen LogP contribution in [-0.2, 0) is 12.7 Å². The fourth-order valence-electron chi connectivity index (χ4n) is 4.89. The minimum Gasteiger partial charge on any atom is -0.326 e. The molecule has 47 heavy (non-hydrogen) atoms. The molecule has 16 heteroatoms. The third-order valence-electron chi connectivity index (χ3n) is 7.11. The number of rotatable bonds is 8. The van der Waals surface area contributed by atoms with E-state index in [-0.39, 0.29) is 34.2 Å². The van der Waals surface area contributed by atoms with Crippen molar-refractivity contribution in [3.8, 4) is 0 Å². The number of alkyl halides is 6. The van der Waals surface area contributed by atoms with E-state index in [4.69, 9.17) is 0 Å². The Morgan fingerprint density at radius 3 is 2.32 bits per heavy atom. The molecule has 0 radical (unpaired) electrons. The second kappa shape index (κ2) is 14.4. The molecular weight excluding hydrogens is 694 g/mol. The Hall–Kier alpha value is -4.73. The monoisotopic (exact) mass is 720 g/mol. The topological polar surface area (TPSA) is 111 Å². The summed E-state index contributed by atoms with van der Waals surface area (Å²) < 4.78 is 81.3. The van der Waals surface area contributed by atoms with Gasteiger partial charge in [0.05, 0.1) is 12.1 Å². The van der Waals surface area contributed by atoms with Crippen molar-refractivity contribution >= 4 is 50.7 Å². The average Bonchev–Trinajstić information content (AvgIpc) is 3.55. The van der Waals surface area contributed by atoms with E-state index in [1.54, 1.807) is 24.3 Å². The van der Waals surface area contributed by atoms with Crippen LogP contribution in [0.15, 0.2) is 82.3 Å². The predicted octanol–water partition coefficient (Wildman–Crippen LogP) is 8.23. The van der Waals surface area contributed by atoms with Crippen molar-refractivity contribution in [2.45, 2.75) is 44.6 Å². The summed E-state index contributed by atoms with van der Waals surface area (Å²) in [6, 6.07) is 16.3. The molecule has 0 fully saturated rings. The lowest BCUT2D eigenvalue weighted by Crippen LogP contribution is -2.37. The molecule has 3 N–H and O–H groups in total. The zero-order valence-corrected chi connectivity index (χ0v) is 26.0. The molecule has 1 amide bonds. The highest BCUT2D eigenvalue weighted by Crippen LogP contribution is 2.34. The Labute approximate surface area is 273 Å². The van der Waals surface area contributed by atoms with E-state index in [0.29, 0.717) is 11.3 Å². The number of nitrogens with zero attached hydrogens (tertiary/aromatic N) is 5. The minimum absolute atomic E-state index is 0.0319. The lowest BCUT2D eigenvalue weighted by atomic mass is 9.93. The summed E-state index contributed by atoms with van der Waals surface area (Å²) in [5, 5.41) is 18.1. The van der Waals surface area contributed by atoms with Gasteiger partial charge in [0.25, 0.3) is 11.9 Å². The number of hydrogen-bond acceptors (Lipinski definition) is 5. The molecular formula is C31H27BrF6N8O. The van der Waals surface area contributed by atoms with Crippen LogP contribution in [0.3, 0.4) is 0 Å². The number of amides is 1. The smallest absolute Gasteiger partial charge is 0.326 e. The van der Waals surface area contributed by atoms with E-state index >= 15 is 0 Å². The van der Waals surface area contributed by atoms with Crippen molar-refractivity contribution in [2.75, 3.05) is 22.1 Å². The molecule has 0 unspecified atom stereocenters. The number of carbonyl (C=O) groups excluding carboxylic acids is 1. The molecule has 0 atom stereocenters. The molecule has 1 heterocycles. The van der Waals surface area contributed by atoms with Gasteiger partial charge >= 0.3 is 12.4 Å². The van der Waals surface area contributed by atoms with Gasteiger partial charge < -0.3 is 10.2 Å². The zero-order chi connectivity index (χ0) is 33.6. The number of hydrogen-bond donors (Lipinski definition) is 3. The van der Waals surface area contributed by atoms with Crippen molar-refractivity contribution in [1.82, 2.24) is 20.6 Å². The third kappa shape index (κ3) is 9.40.